The van der Waals surface area contributed by atoms with Crippen LogP contribution in [0.3, 0.4) is 0 Å². The lowest BCUT2D eigenvalue weighted by Crippen LogP contribution is -2.42. The van der Waals surface area contributed by atoms with E-state index in [1.165, 1.54) is 0 Å². The molecule has 7 nitrogen and oxygen atoms in total. The Labute approximate surface area is 192 Å². The molecule has 0 radical (unpaired) electrons. The summed E-state index contributed by atoms with van der Waals surface area (Å²) in [6.07, 6.45) is 3.01. The van der Waals surface area contributed by atoms with Crippen LogP contribution < -0.4 is 10.1 Å². The number of nitrogens with zero attached hydrogens (tertiary/aromatic N) is 3. The highest BCUT2D eigenvalue weighted by Gasteiger charge is 2.55. The number of nitro groups is 1. The van der Waals surface area contributed by atoms with Gasteiger partial charge in [0.25, 0.3) is 5.69 Å². The highest BCUT2D eigenvalue weighted by molar-refractivity contribution is 5.51. The number of rotatable bonds is 4. The quantitative estimate of drug-likeness (QED) is 0.395. The van der Waals surface area contributed by atoms with Crippen molar-refractivity contribution in [2.75, 3.05) is 10.1 Å². The first-order valence-electron chi connectivity index (χ1n) is 11.5. The van der Waals surface area contributed by atoms with Gasteiger partial charge in [0.05, 0.1) is 40.6 Å². The third-order valence-electron chi connectivity index (χ3n) is 7.05. The summed E-state index contributed by atoms with van der Waals surface area (Å²) in [7, 11) is 0. The predicted octanol–water partition coefficient (Wildman–Crippen LogP) is 5.45. The molecule has 0 N–H and O–H groups in total. The molecule has 2 bridgehead atoms. The molecule has 5 atom stereocenters. The third kappa shape index (κ3) is 3.53. The molecule has 3 aliphatic rings. The van der Waals surface area contributed by atoms with Gasteiger partial charge in [-0.3, -0.25) is 24.9 Å². The molecule has 0 unspecified atom stereocenters. The Kier molecular flexibility index (Phi) is 5.00. The average molecular weight is 444 g/mol. The second-order valence-electron chi connectivity index (χ2n) is 8.95. The smallest absolute Gasteiger partial charge is 0.269 e. The lowest BCUT2D eigenvalue weighted by atomic mass is 9.82. The van der Waals surface area contributed by atoms with Crippen molar-refractivity contribution >= 4 is 17.1 Å². The Morgan fingerprint density at radius 3 is 2.06 bits per heavy atom. The van der Waals surface area contributed by atoms with Gasteiger partial charge in [-0.2, -0.15) is 0 Å². The Bertz CT molecular complexity index is 1130. The molecule has 1 saturated carbocycles. The lowest BCUT2D eigenvalue weighted by Gasteiger charge is -2.35. The first kappa shape index (κ1) is 20.2. The summed E-state index contributed by atoms with van der Waals surface area (Å²) in [6, 6.07) is 27.3. The van der Waals surface area contributed by atoms with E-state index in [0.717, 1.165) is 36.2 Å². The molecule has 2 saturated heterocycles. The van der Waals surface area contributed by atoms with E-state index >= 15 is 0 Å². The summed E-state index contributed by atoms with van der Waals surface area (Å²) < 4.78 is 0. The number of hydroxylamine groups is 2. The Morgan fingerprint density at radius 2 is 1.42 bits per heavy atom. The van der Waals surface area contributed by atoms with Crippen molar-refractivity contribution in [1.82, 2.24) is 0 Å². The summed E-state index contributed by atoms with van der Waals surface area (Å²) in [5, 5.41) is 15.3. The van der Waals surface area contributed by atoms with Crippen molar-refractivity contribution in [2.45, 2.75) is 43.6 Å². The Balaban J connectivity index is 1.44. The molecule has 3 aromatic rings. The molecule has 0 amide bonds. The summed E-state index contributed by atoms with van der Waals surface area (Å²) in [5.74, 6) is 0.138. The molecular weight excluding hydrogens is 418 g/mol. The Morgan fingerprint density at radius 1 is 0.788 bits per heavy atom. The summed E-state index contributed by atoms with van der Waals surface area (Å²) in [4.78, 5) is 23.9. The van der Waals surface area contributed by atoms with E-state index in [0.29, 0.717) is 0 Å². The third-order valence-corrected chi connectivity index (χ3v) is 7.05. The number of para-hydroxylation sites is 2. The van der Waals surface area contributed by atoms with Crippen molar-refractivity contribution in [2.24, 2.45) is 5.92 Å². The van der Waals surface area contributed by atoms with E-state index < -0.39 is 0 Å². The van der Waals surface area contributed by atoms with Crippen LogP contribution in [-0.2, 0) is 9.68 Å². The highest BCUT2D eigenvalue weighted by atomic mass is 16.7. The van der Waals surface area contributed by atoms with E-state index in [4.69, 9.17) is 9.68 Å². The molecule has 2 heterocycles. The number of anilines is 2. The maximum Gasteiger partial charge on any atom is 0.269 e. The summed E-state index contributed by atoms with van der Waals surface area (Å²) >= 11 is 0. The Hall–Kier alpha value is -3.42. The van der Waals surface area contributed by atoms with Crippen LogP contribution in [0.25, 0.3) is 0 Å². The maximum atomic E-state index is 11.2. The second kappa shape index (κ2) is 8.17. The van der Waals surface area contributed by atoms with Gasteiger partial charge in [0, 0.05) is 18.1 Å². The van der Waals surface area contributed by atoms with E-state index in [1.807, 2.05) is 65.7 Å². The molecule has 0 spiro atoms. The van der Waals surface area contributed by atoms with Crippen LogP contribution in [-0.4, -0.2) is 23.2 Å². The normalized spacial score (nSPS) is 28.4. The highest BCUT2D eigenvalue weighted by Crippen LogP contribution is 2.51. The number of hydrogen-bond donors (Lipinski definition) is 0. The van der Waals surface area contributed by atoms with Gasteiger partial charge in [-0.25, -0.2) is 5.06 Å². The topological polar surface area (TPSA) is 68.1 Å². The molecule has 168 valence electrons. The SMILES string of the molecule is O=[N+]([O-])c1ccc([C@H]2[C@@H]3[C@H]4C[C@@H](CC[C@H]3ON2c2ccccc2)ON4c2ccccc2)cc1. The van der Waals surface area contributed by atoms with Gasteiger partial charge in [0.1, 0.15) is 0 Å². The first-order chi connectivity index (χ1) is 16.2. The van der Waals surface area contributed by atoms with Crippen LogP contribution in [0.1, 0.15) is 30.9 Å². The largest absolute Gasteiger partial charge is 0.270 e. The number of non-ortho nitro benzene ring substituents is 1. The molecular formula is C26H25N3O4. The van der Waals surface area contributed by atoms with Crippen molar-refractivity contribution in [3.8, 4) is 0 Å². The van der Waals surface area contributed by atoms with Crippen LogP contribution in [0.5, 0.6) is 0 Å². The van der Waals surface area contributed by atoms with Crippen LogP contribution in [0, 0.1) is 16.0 Å². The lowest BCUT2D eigenvalue weighted by molar-refractivity contribution is -0.384. The minimum Gasteiger partial charge on any atom is -0.270 e. The van der Waals surface area contributed by atoms with Gasteiger partial charge in [0.15, 0.2) is 0 Å². The zero-order chi connectivity index (χ0) is 22.4. The van der Waals surface area contributed by atoms with Crippen molar-refractivity contribution in [1.29, 1.82) is 0 Å². The fourth-order valence-electron chi connectivity index (χ4n) is 5.60. The standard InChI is InChI=1S/C26H25N3O4/c30-29(31)21-13-11-18(12-14-21)26-25-23-17-22(32-27(23)19-7-3-1-4-8-19)15-16-24(25)33-28(26)20-9-5-2-6-10-20/h1-14,22-26H,15-17H2/t22-,23-,24-,25-,26+/m1/s1. The van der Waals surface area contributed by atoms with Crippen molar-refractivity contribution in [3.05, 3.63) is 101 Å². The maximum absolute atomic E-state index is 11.2. The van der Waals surface area contributed by atoms with Crippen molar-refractivity contribution < 1.29 is 14.6 Å². The number of fused-ring (bicyclic) bond motifs is 4. The molecule has 3 aromatic carbocycles. The minimum absolute atomic E-state index is 0.0375. The van der Waals surface area contributed by atoms with Crippen LogP contribution >= 0.6 is 0 Å². The molecule has 1 aliphatic carbocycles. The predicted molar refractivity (Wildman–Crippen MR) is 125 cm³/mol. The van der Waals surface area contributed by atoms with Gasteiger partial charge >= 0.3 is 0 Å². The second-order valence-corrected chi connectivity index (χ2v) is 8.95. The minimum atomic E-state index is -0.356. The molecule has 2 aliphatic heterocycles. The molecule has 33 heavy (non-hydrogen) atoms. The summed E-state index contributed by atoms with van der Waals surface area (Å²) in [6.45, 7) is 0. The van der Waals surface area contributed by atoms with E-state index in [1.54, 1.807) is 12.1 Å². The van der Waals surface area contributed by atoms with Gasteiger partial charge < -0.3 is 0 Å². The van der Waals surface area contributed by atoms with Crippen LogP contribution in [0.2, 0.25) is 0 Å². The summed E-state index contributed by atoms with van der Waals surface area (Å²) in [5.41, 5.74) is 3.13. The number of nitro benzene ring substituents is 1. The van der Waals surface area contributed by atoms with Gasteiger partial charge in [-0.15, -0.1) is 0 Å². The zero-order valence-electron chi connectivity index (χ0n) is 18.1. The van der Waals surface area contributed by atoms with Crippen LogP contribution in [0.15, 0.2) is 84.9 Å². The fraction of sp³-hybridized carbons (Fsp3) is 0.308. The average Bonchev–Trinajstić information content (AvgIpc) is 3.39. The van der Waals surface area contributed by atoms with Gasteiger partial charge in [-0.1, -0.05) is 48.5 Å². The van der Waals surface area contributed by atoms with E-state index in [9.17, 15) is 10.1 Å². The van der Waals surface area contributed by atoms with E-state index in [-0.39, 0.29) is 40.8 Å². The number of benzene rings is 3. The zero-order valence-corrected chi connectivity index (χ0v) is 18.1. The molecule has 0 aromatic heterocycles. The molecule has 3 fully saturated rings. The van der Waals surface area contributed by atoms with Crippen LogP contribution in [0.4, 0.5) is 17.1 Å². The molecule has 6 rings (SSSR count). The first-order valence-corrected chi connectivity index (χ1v) is 11.5. The molecule has 7 heteroatoms. The van der Waals surface area contributed by atoms with E-state index in [2.05, 4.69) is 17.2 Å². The van der Waals surface area contributed by atoms with Gasteiger partial charge in [-0.05, 0) is 49.1 Å². The number of hydrogen-bond acceptors (Lipinski definition) is 6. The fourth-order valence-corrected chi connectivity index (χ4v) is 5.60. The monoisotopic (exact) mass is 443 g/mol. The van der Waals surface area contributed by atoms with Gasteiger partial charge in [0.2, 0.25) is 0 Å². The van der Waals surface area contributed by atoms with Crippen molar-refractivity contribution in [3.63, 3.8) is 0 Å².